The normalized spacial score (nSPS) is 17.9. The Morgan fingerprint density at radius 1 is 0.256 bits per heavy atom. The van der Waals surface area contributed by atoms with Crippen LogP contribution in [-0.4, -0.2) is 0 Å². The molecule has 11 aromatic carbocycles. The van der Waals surface area contributed by atoms with Crippen LogP contribution in [0.5, 0.6) is 0 Å². The summed E-state index contributed by atoms with van der Waals surface area (Å²) in [5.74, 6) is 0. The Bertz CT molecular complexity index is 4730. The van der Waals surface area contributed by atoms with E-state index in [-0.39, 0.29) is 21.7 Å². The van der Waals surface area contributed by atoms with Crippen molar-refractivity contribution < 1.29 is 8.83 Å². The molecule has 2 aromatic heterocycles. The summed E-state index contributed by atoms with van der Waals surface area (Å²) >= 11 is 0. The van der Waals surface area contributed by atoms with Crippen molar-refractivity contribution in [2.45, 2.75) is 114 Å². The van der Waals surface area contributed by atoms with Gasteiger partial charge in [-0.25, -0.2) is 0 Å². The highest BCUT2D eigenvalue weighted by Gasteiger charge is 2.52. The third-order valence-corrected chi connectivity index (χ3v) is 22.2. The highest BCUT2D eigenvalue weighted by Crippen LogP contribution is 2.66. The highest BCUT2D eigenvalue weighted by molar-refractivity contribution is 6.17. The fraction of sp³-hybridized carbons (Fsp3) is 0.225. The molecule has 2 heteroatoms. The molecule has 0 unspecified atom stereocenters. The van der Waals surface area contributed by atoms with E-state index >= 15 is 0 Å². The van der Waals surface area contributed by atoms with Gasteiger partial charge < -0.3 is 8.83 Å². The second-order valence-corrected chi connectivity index (χ2v) is 26.7. The fourth-order valence-electron chi connectivity index (χ4n) is 18.4. The van der Waals surface area contributed by atoms with Gasteiger partial charge in [-0.15, -0.1) is 0 Å². The van der Waals surface area contributed by atoms with Crippen molar-refractivity contribution in [3.8, 4) is 66.8 Å². The van der Waals surface area contributed by atoms with Crippen LogP contribution in [0.1, 0.15) is 136 Å². The zero-order valence-corrected chi connectivity index (χ0v) is 47.2. The van der Waals surface area contributed by atoms with Gasteiger partial charge in [0.25, 0.3) is 0 Å². The van der Waals surface area contributed by atoms with Crippen LogP contribution < -0.4 is 0 Å². The monoisotopic (exact) mass is 1050 g/mol. The average Bonchev–Trinajstić information content (AvgIpc) is 3.33. The van der Waals surface area contributed by atoms with E-state index in [1.54, 1.807) is 22.3 Å². The maximum Gasteiger partial charge on any atom is 0.143 e. The minimum atomic E-state index is -0.227. The van der Waals surface area contributed by atoms with E-state index in [1.807, 2.05) is 0 Å². The summed E-state index contributed by atoms with van der Waals surface area (Å²) in [7, 11) is 0. The van der Waals surface area contributed by atoms with Gasteiger partial charge >= 0.3 is 0 Å². The Morgan fingerprint density at radius 2 is 0.573 bits per heavy atom. The van der Waals surface area contributed by atoms with Crippen molar-refractivity contribution in [1.82, 2.24) is 0 Å². The summed E-state index contributed by atoms with van der Waals surface area (Å²) in [6.45, 7) is 9.99. The molecular formula is C80H62O2. The molecule has 2 nitrogen and oxygen atoms in total. The molecule has 19 rings (SSSR count). The standard InChI is InChI=1S/C80H62O2/c1-77(2)63-39-57-59-41-66-60(42-65(59)79(33-15-5-16-34-79)67(57)43-61(63)73-49-25-9-7-21-45(49)55(37-69(73)77)53-29-19-27-51-47-23-11-13-31-71(47)81-75(51)53)58-40-64-62(44-68(58)80(66)35-17-6-18-36-80)74-50-26-10-8-22-46(50)56(38-70(74)78(64,3)4)54-30-20-28-52-48-24-12-14-32-72(48)82-76(52)54/h7-14,19-32,37-44H,5-6,15-18,33-36H2,1-4H3. The van der Waals surface area contributed by atoms with Crippen LogP contribution in [0.25, 0.3) is 132 Å². The highest BCUT2D eigenvalue weighted by atomic mass is 16.3. The molecular weight excluding hydrogens is 993 g/mol. The molecule has 13 aromatic rings. The maximum atomic E-state index is 6.76. The van der Waals surface area contributed by atoms with Crippen LogP contribution in [0.3, 0.4) is 0 Å². The number of furan rings is 2. The first-order chi connectivity index (χ1) is 40.1. The van der Waals surface area contributed by atoms with Crippen LogP contribution in [0.4, 0.5) is 0 Å². The van der Waals surface area contributed by atoms with E-state index in [9.17, 15) is 0 Å². The molecule has 0 bridgehead atoms. The molecule has 394 valence electrons. The van der Waals surface area contributed by atoms with Crippen molar-refractivity contribution in [2.24, 2.45) is 0 Å². The van der Waals surface area contributed by atoms with E-state index < -0.39 is 0 Å². The lowest BCUT2D eigenvalue weighted by atomic mass is 9.66. The first-order valence-electron chi connectivity index (χ1n) is 30.6. The zero-order chi connectivity index (χ0) is 54.2. The quantitative estimate of drug-likeness (QED) is 0.172. The SMILES string of the molecule is CC1(C)c2cc3c(cc2-c2c1cc(-c1cccc4c1oc1ccccc14)c1ccccc21)C1(CCCCC1)c1cc2c(cc1-3)C1(CCCCC1)c1cc3c(cc1-2)C(C)(C)c1cc(-c2cccc4c2oc2ccccc24)c2ccccc2c1-3. The first-order valence-corrected chi connectivity index (χ1v) is 30.6. The van der Waals surface area contributed by atoms with Crippen LogP contribution >= 0.6 is 0 Å². The summed E-state index contributed by atoms with van der Waals surface area (Å²) in [4.78, 5) is 0. The van der Waals surface area contributed by atoms with E-state index in [0.29, 0.717) is 0 Å². The second kappa shape index (κ2) is 15.7. The molecule has 0 atom stereocenters. The maximum absolute atomic E-state index is 6.76. The van der Waals surface area contributed by atoms with Gasteiger partial charge in [0.15, 0.2) is 0 Å². The summed E-state index contributed by atoms with van der Waals surface area (Å²) in [5.41, 5.74) is 32.0. The van der Waals surface area contributed by atoms with Crippen molar-refractivity contribution in [3.63, 3.8) is 0 Å². The molecule has 0 saturated heterocycles. The van der Waals surface area contributed by atoms with E-state index in [0.717, 1.165) is 33.5 Å². The van der Waals surface area contributed by atoms with Crippen LogP contribution in [-0.2, 0) is 21.7 Å². The van der Waals surface area contributed by atoms with Crippen molar-refractivity contribution in [3.05, 3.63) is 226 Å². The Labute approximate surface area is 478 Å². The average molecular weight is 1060 g/mol. The smallest absolute Gasteiger partial charge is 0.143 e. The lowest BCUT2D eigenvalue weighted by Gasteiger charge is -2.37. The van der Waals surface area contributed by atoms with Gasteiger partial charge in [0, 0.05) is 54.3 Å². The third-order valence-electron chi connectivity index (χ3n) is 22.2. The van der Waals surface area contributed by atoms with Gasteiger partial charge in [0.2, 0.25) is 0 Å². The molecule has 6 aliphatic carbocycles. The molecule has 0 aliphatic heterocycles. The molecule has 82 heavy (non-hydrogen) atoms. The minimum absolute atomic E-state index is 0.0285. The third kappa shape index (κ3) is 5.63. The summed E-state index contributed by atoms with van der Waals surface area (Å²) in [5, 5.41) is 9.93. The Balaban J connectivity index is 0.797. The number of para-hydroxylation sites is 4. The topological polar surface area (TPSA) is 26.3 Å². The molecule has 0 N–H and O–H groups in total. The molecule has 6 aliphatic rings. The molecule has 0 radical (unpaired) electrons. The van der Waals surface area contributed by atoms with Gasteiger partial charge in [0.05, 0.1) is 0 Å². The first kappa shape index (κ1) is 46.2. The molecule has 0 amide bonds. The lowest BCUT2D eigenvalue weighted by molar-refractivity contribution is 0.350. The lowest BCUT2D eigenvalue weighted by Crippen LogP contribution is -2.29. The van der Waals surface area contributed by atoms with Crippen molar-refractivity contribution >= 4 is 65.4 Å². The van der Waals surface area contributed by atoms with Gasteiger partial charge in [-0.3, -0.25) is 0 Å². The number of fused-ring (bicyclic) bond motifs is 26. The van der Waals surface area contributed by atoms with Gasteiger partial charge in [-0.2, -0.15) is 0 Å². The van der Waals surface area contributed by atoms with Gasteiger partial charge in [0.1, 0.15) is 22.3 Å². The molecule has 2 spiro atoms. The Hall–Kier alpha value is -8.46. The summed E-state index contributed by atoms with van der Waals surface area (Å²) in [6, 6.07) is 70.5. The summed E-state index contributed by atoms with van der Waals surface area (Å²) < 4.78 is 13.5. The predicted molar refractivity (Wildman–Crippen MR) is 341 cm³/mol. The largest absolute Gasteiger partial charge is 0.455 e. The number of benzene rings is 11. The number of hydrogen-bond donors (Lipinski definition) is 0. The molecule has 2 fully saturated rings. The zero-order valence-electron chi connectivity index (χ0n) is 47.2. The van der Waals surface area contributed by atoms with E-state index in [2.05, 4.69) is 210 Å². The molecule has 2 heterocycles. The van der Waals surface area contributed by atoms with Crippen LogP contribution in [0, 0.1) is 0 Å². The van der Waals surface area contributed by atoms with Crippen LogP contribution in [0.2, 0.25) is 0 Å². The van der Waals surface area contributed by atoms with Crippen molar-refractivity contribution in [2.75, 3.05) is 0 Å². The molecule has 2 saturated carbocycles. The van der Waals surface area contributed by atoms with E-state index in [1.165, 1.54) is 185 Å². The number of rotatable bonds is 2. The number of hydrogen-bond acceptors (Lipinski definition) is 2. The fourth-order valence-corrected chi connectivity index (χ4v) is 18.4. The predicted octanol–water partition coefficient (Wildman–Crippen LogP) is 22.2. The summed E-state index contributed by atoms with van der Waals surface area (Å²) in [6.07, 6.45) is 12.4. The second-order valence-electron chi connectivity index (χ2n) is 26.7. The Kier molecular flexibility index (Phi) is 8.87. The Morgan fingerprint density at radius 3 is 0.976 bits per heavy atom. The van der Waals surface area contributed by atoms with E-state index in [4.69, 9.17) is 8.83 Å². The van der Waals surface area contributed by atoms with Crippen molar-refractivity contribution in [1.29, 1.82) is 0 Å². The van der Waals surface area contributed by atoms with Crippen LogP contribution in [0.15, 0.2) is 191 Å². The van der Waals surface area contributed by atoms with Gasteiger partial charge in [-0.05, 0) is 208 Å². The van der Waals surface area contributed by atoms with Gasteiger partial charge in [-0.1, -0.05) is 188 Å². The minimum Gasteiger partial charge on any atom is -0.455 e.